The summed E-state index contributed by atoms with van der Waals surface area (Å²) in [6.07, 6.45) is 2.55. The van der Waals surface area contributed by atoms with Gasteiger partial charge in [0.15, 0.2) is 0 Å². The molecule has 2 N–H and O–H groups in total. The van der Waals surface area contributed by atoms with Crippen LogP contribution in [0.25, 0.3) is 0 Å². The number of carbonyl (C=O) groups is 1. The molecular weight excluding hydrogens is 242 g/mol. The normalized spacial score (nSPS) is 11.2. The van der Waals surface area contributed by atoms with Gasteiger partial charge in [-0.25, -0.2) is 8.78 Å². The molecule has 0 atom stereocenters. The molecule has 1 amide bonds. The van der Waals surface area contributed by atoms with E-state index in [2.05, 4.69) is 4.98 Å². The second-order valence-corrected chi connectivity index (χ2v) is 3.46. The van der Waals surface area contributed by atoms with Gasteiger partial charge in [-0.3, -0.25) is 9.78 Å². The van der Waals surface area contributed by atoms with Crippen molar-refractivity contribution < 1.29 is 18.7 Å². The summed E-state index contributed by atoms with van der Waals surface area (Å²) >= 11 is 5.67. The molecular formula is C9H9ClF2N2O2. The third-order valence-corrected chi connectivity index (χ3v) is 2.08. The molecule has 0 aliphatic heterocycles. The van der Waals surface area contributed by atoms with Crippen LogP contribution in [0.4, 0.5) is 8.78 Å². The summed E-state index contributed by atoms with van der Waals surface area (Å²) in [5, 5.41) is 10.4. The Hall–Kier alpha value is -1.27. The Kier molecular flexibility index (Phi) is 4.14. The predicted molar refractivity (Wildman–Crippen MR) is 53.6 cm³/mol. The molecule has 0 aliphatic rings. The van der Waals surface area contributed by atoms with Crippen molar-refractivity contribution in [1.82, 2.24) is 10.3 Å². The van der Waals surface area contributed by atoms with Crippen molar-refractivity contribution in [1.29, 1.82) is 0 Å². The number of carbonyl (C=O) groups excluding carboxylic acids is 1. The standard InChI is InChI=1S/C9H9ClF2N2O2/c10-7-1-2-13-3-6(7)8(16)14-4-9(11,12)5-15/h1-3,15H,4-5H2,(H,14,16). The molecule has 4 nitrogen and oxygen atoms in total. The van der Waals surface area contributed by atoms with Crippen molar-refractivity contribution in [2.45, 2.75) is 5.92 Å². The molecule has 0 bridgehead atoms. The van der Waals surface area contributed by atoms with E-state index in [1.165, 1.54) is 18.5 Å². The zero-order valence-corrected chi connectivity index (χ0v) is 8.84. The third kappa shape index (κ3) is 3.39. The first-order valence-corrected chi connectivity index (χ1v) is 4.70. The van der Waals surface area contributed by atoms with Gasteiger partial charge in [-0.2, -0.15) is 0 Å². The average Bonchev–Trinajstić information content (AvgIpc) is 2.27. The van der Waals surface area contributed by atoms with Gasteiger partial charge in [-0.05, 0) is 6.07 Å². The number of halogens is 3. The highest BCUT2D eigenvalue weighted by Crippen LogP contribution is 2.14. The molecule has 1 rings (SSSR count). The van der Waals surface area contributed by atoms with Crippen LogP contribution in [0.1, 0.15) is 10.4 Å². The maximum Gasteiger partial charge on any atom is 0.287 e. The molecule has 0 unspecified atom stereocenters. The van der Waals surface area contributed by atoms with Gasteiger partial charge < -0.3 is 10.4 Å². The lowest BCUT2D eigenvalue weighted by Gasteiger charge is -2.14. The van der Waals surface area contributed by atoms with Gasteiger partial charge >= 0.3 is 0 Å². The van der Waals surface area contributed by atoms with Gasteiger partial charge in [-0.15, -0.1) is 0 Å². The van der Waals surface area contributed by atoms with Crippen LogP contribution in [0.15, 0.2) is 18.5 Å². The Labute approximate surface area is 95.3 Å². The number of pyridine rings is 1. The van der Waals surface area contributed by atoms with Gasteiger partial charge in [0.2, 0.25) is 0 Å². The van der Waals surface area contributed by atoms with Crippen LogP contribution in [-0.2, 0) is 0 Å². The zero-order chi connectivity index (χ0) is 12.2. The van der Waals surface area contributed by atoms with Crippen molar-refractivity contribution >= 4 is 17.5 Å². The topological polar surface area (TPSA) is 62.2 Å². The fourth-order valence-corrected chi connectivity index (χ4v) is 1.10. The first-order chi connectivity index (χ1) is 7.46. The molecule has 0 fully saturated rings. The lowest BCUT2D eigenvalue weighted by atomic mass is 10.2. The summed E-state index contributed by atoms with van der Waals surface area (Å²) in [6.45, 7) is -2.28. The van der Waals surface area contributed by atoms with Crippen molar-refractivity contribution in [2.75, 3.05) is 13.2 Å². The molecule has 16 heavy (non-hydrogen) atoms. The monoisotopic (exact) mass is 250 g/mol. The summed E-state index contributed by atoms with van der Waals surface area (Å²) in [6, 6.07) is 1.38. The molecule has 0 spiro atoms. The number of rotatable bonds is 4. The summed E-state index contributed by atoms with van der Waals surface area (Å²) in [5.74, 6) is -4.10. The Morgan fingerprint density at radius 2 is 2.31 bits per heavy atom. The number of amides is 1. The lowest BCUT2D eigenvalue weighted by molar-refractivity contribution is -0.0462. The summed E-state index contributed by atoms with van der Waals surface area (Å²) in [7, 11) is 0. The van der Waals surface area contributed by atoms with Crippen LogP contribution in [-0.4, -0.2) is 35.1 Å². The maximum absolute atomic E-state index is 12.6. The Bertz CT molecular complexity index is 388. The van der Waals surface area contributed by atoms with E-state index in [9.17, 15) is 13.6 Å². The van der Waals surface area contributed by atoms with E-state index in [0.29, 0.717) is 0 Å². The highest BCUT2D eigenvalue weighted by Gasteiger charge is 2.28. The third-order valence-electron chi connectivity index (χ3n) is 1.75. The van der Waals surface area contributed by atoms with Crippen molar-refractivity contribution in [3.05, 3.63) is 29.0 Å². The van der Waals surface area contributed by atoms with E-state index in [4.69, 9.17) is 16.7 Å². The van der Waals surface area contributed by atoms with E-state index < -0.39 is 25.0 Å². The van der Waals surface area contributed by atoms with Gasteiger partial charge in [0, 0.05) is 12.4 Å². The SMILES string of the molecule is O=C(NCC(F)(F)CO)c1cnccc1Cl. The van der Waals surface area contributed by atoms with E-state index >= 15 is 0 Å². The molecule has 1 aromatic rings. The highest BCUT2D eigenvalue weighted by molar-refractivity contribution is 6.33. The van der Waals surface area contributed by atoms with E-state index in [1.807, 2.05) is 5.32 Å². The van der Waals surface area contributed by atoms with Crippen LogP contribution in [0, 0.1) is 0 Å². The van der Waals surface area contributed by atoms with Gasteiger partial charge in [0.25, 0.3) is 11.8 Å². The smallest absolute Gasteiger partial charge is 0.287 e. The fraction of sp³-hybridized carbons (Fsp3) is 0.333. The number of hydrogen-bond acceptors (Lipinski definition) is 3. The van der Waals surface area contributed by atoms with Crippen molar-refractivity contribution in [3.63, 3.8) is 0 Å². The molecule has 0 saturated carbocycles. The second-order valence-electron chi connectivity index (χ2n) is 3.05. The second kappa shape index (κ2) is 5.18. The lowest BCUT2D eigenvalue weighted by Crippen LogP contribution is -2.39. The minimum Gasteiger partial charge on any atom is -0.390 e. The Morgan fingerprint density at radius 1 is 1.62 bits per heavy atom. The quantitative estimate of drug-likeness (QED) is 0.841. The number of nitrogens with one attached hydrogen (secondary N) is 1. The predicted octanol–water partition coefficient (Wildman–Crippen LogP) is 1.09. The minimum absolute atomic E-state index is 0.0120. The van der Waals surface area contributed by atoms with Gasteiger partial charge in [-0.1, -0.05) is 11.6 Å². The molecule has 1 aromatic heterocycles. The molecule has 88 valence electrons. The van der Waals surface area contributed by atoms with Crippen LogP contribution in [0.3, 0.4) is 0 Å². The Balaban J connectivity index is 2.64. The summed E-state index contributed by atoms with van der Waals surface area (Å²) < 4.78 is 25.2. The number of hydrogen-bond donors (Lipinski definition) is 2. The van der Waals surface area contributed by atoms with E-state index in [1.54, 1.807) is 0 Å². The number of aliphatic hydroxyl groups excluding tert-OH is 1. The number of aromatic nitrogens is 1. The molecule has 0 radical (unpaired) electrons. The van der Waals surface area contributed by atoms with Crippen molar-refractivity contribution in [3.8, 4) is 0 Å². The van der Waals surface area contributed by atoms with Crippen LogP contribution in [0.5, 0.6) is 0 Å². The number of alkyl halides is 2. The summed E-state index contributed by atoms with van der Waals surface area (Å²) in [4.78, 5) is 15.0. The zero-order valence-electron chi connectivity index (χ0n) is 8.08. The summed E-state index contributed by atoms with van der Waals surface area (Å²) in [5.41, 5.74) is 0.0120. The van der Waals surface area contributed by atoms with E-state index in [0.717, 1.165) is 0 Å². The first kappa shape index (κ1) is 12.8. The minimum atomic E-state index is -3.34. The molecule has 7 heteroatoms. The molecule has 0 aromatic carbocycles. The number of aliphatic hydroxyl groups is 1. The first-order valence-electron chi connectivity index (χ1n) is 4.33. The highest BCUT2D eigenvalue weighted by atomic mass is 35.5. The largest absolute Gasteiger partial charge is 0.390 e. The van der Waals surface area contributed by atoms with Crippen LogP contribution < -0.4 is 5.32 Å². The van der Waals surface area contributed by atoms with Crippen LogP contribution >= 0.6 is 11.6 Å². The maximum atomic E-state index is 12.6. The Morgan fingerprint density at radius 3 is 2.88 bits per heavy atom. The van der Waals surface area contributed by atoms with Crippen molar-refractivity contribution in [2.24, 2.45) is 0 Å². The van der Waals surface area contributed by atoms with Crippen LogP contribution in [0.2, 0.25) is 5.02 Å². The average molecular weight is 251 g/mol. The number of nitrogens with zero attached hydrogens (tertiary/aromatic N) is 1. The van der Waals surface area contributed by atoms with Gasteiger partial charge in [0.05, 0.1) is 17.1 Å². The fourth-order valence-electron chi connectivity index (χ4n) is 0.905. The molecule has 0 saturated heterocycles. The molecule has 0 aliphatic carbocycles. The van der Waals surface area contributed by atoms with E-state index in [-0.39, 0.29) is 10.6 Å². The van der Waals surface area contributed by atoms with Gasteiger partial charge in [0.1, 0.15) is 6.61 Å². The molecule has 1 heterocycles.